The van der Waals surface area contributed by atoms with E-state index in [9.17, 15) is 23.2 Å². The number of ether oxygens (including phenoxy) is 1. The molecule has 0 heterocycles. The van der Waals surface area contributed by atoms with E-state index in [1.54, 1.807) is 25.1 Å². The van der Waals surface area contributed by atoms with Gasteiger partial charge in [0.05, 0.1) is 12.0 Å². The van der Waals surface area contributed by atoms with Crippen LogP contribution in [-0.4, -0.2) is 30.4 Å². The molecular formula is C20H19ClF2N2O4. The summed E-state index contributed by atoms with van der Waals surface area (Å²) in [5.41, 5.74) is 0.945. The molecule has 0 spiro atoms. The summed E-state index contributed by atoms with van der Waals surface area (Å²) >= 11 is 5.90. The van der Waals surface area contributed by atoms with Crippen LogP contribution in [0.4, 0.5) is 14.5 Å². The van der Waals surface area contributed by atoms with Gasteiger partial charge in [-0.15, -0.1) is 0 Å². The third-order valence-electron chi connectivity index (χ3n) is 3.93. The van der Waals surface area contributed by atoms with Gasteiger partial charge in [0.2, 0.25) is 0 Å². The van der Waals surface area contributed by atoms with Gasteiger partial charge in [-0.1, -0.05) is 17.7 Å². The number of carbonyl (C=O) groups excluding carboxylic acids is 3. The number of carbonyl (C=O) groups is 3. The molecule has 6 nitrogen and oxygen atoms in total. The fourth-order valence-electron chi connectivity index (χ4n) is 2.32. The zero-order chi connectivity index (χ0) is 21.6. The van der Waals surface area contributed by atoms with E-state index in [1.807, 2.05) is 0 Å². The van der Waals surface area contributed by atoms with Crippen molar-refractivity contribution in [2.75, 3.05) is 11.9 Å². The molecule has 0 aromatic heterocycles. The van der Waals surface area contributed by atoms with Crippen LogP contribution >= 0.6 is 11.6 Å². The van der Waals surface area contributed by atoms with E-state index in [2.05, 4.69) is 10.6 Å². The molecule has 154 valence electrons. The lowest BCUT2D eigenvalue weighted by atomic mass is 10.2. The Morgan fingerprint density at radius 3 is 2.55 bits per heavy atom. The Kier molecular flexibility index (Phi) is 7.67. The van der Waals surface area contributed by atoms with Gasteiger partial charge in [0.15, 0.2) is 6.10 Å². The van der Waals surface area contributed by atoms with Gasteiger partial charge in [-0.3, -0.25) is 14.4 Å². The molecule has 9 heteroatoms. The highest BCUT2D eigenvalue weighted by atomic mass is 35.5. The van der Waals surface area contributed by atoms with E-state index in [4.69, 9.17) is 16.3 Å². The van der Waals surface area contributed by atoms with Gasteiger partial charge in [-0.25, -0.2) is 8.78 Å². The van der Waals surface area contributed by atoms with Crippen LogP contribution in [0.15, 0.2) is 36.4 Å². The first-order valence-corrected chi connectivity index (χ1v) is 9.05. The number of hydrogen-bond donors (Lipinski definition) is 2. The smallest absolute Gasteiger partial charge is 0.308 e. The quantitative estimate of drug-likeness (QED) is 0.665. The average Bonchev–Trinajstić information content (AvgIpc) is 2.64. The van der Waals surface area contributed by atoms with Crippen molar-refractivity contribution in [2.24, 2.45) is 0 Å². The number of halogens is 3. The maximum Gasteiger partial charge on any atom is 0.308 e. The SMILES string of the molecule is Cc1ccc(Cl)cc1NC(=O)C(C)OC(=O)CCNC(=O)c1ccc(F)cc1F. The summed E-state index contributed by atoms with van der Waals surface area (Å²) < 4.78 is 31.4. The molecule has 29 heavy (non-hydrogen) atoms. The predicted octanol–water partition coefficient (Wildman–Crippen LogP) is 3.62. The highest BCUT2D eigenvalue weighted by Gasteiger charge is 2.19. The molecule has 0 saturated heterocycles. The van der Waals surface area contributed by atoms with E-state index in [-0.39, 0.29) is 18.5 Å². The molecule has 0 aliphatic heterocycles. The third kappa shape index (κ3) is 6.53. The molecule has 0 aliphatic carbocycles. The molecule has 0 aliphatic rings. The largest absolute Gasteiger partial charge is 0.452 e. The van der Waals surface area contributed by atoms with Crippen molar-refractivity contribution in [3.63, 3.8) is 0 Å². The molecule has 2 aromatic carbocycles. The second kappa shape index (κ2) is 9.97. The zero-order valence-corrected chi connectivity index (χ0v) is 16.5. The lowest BCUT2D eigenvalue weighted by Crippen LogP contribution is -2.32. The van der Waals surface area contributed by atoms with Gasteiger partial charge in [-0.05, 0) is 43.7 Å². The summed E-state index contributed by atoms with van der Waals surface area (Å²) in [6.45, 7) is 3.05. The van der Waals surface area contributed by atoms with Crippen LogP contribution in [0.3, 0.4) is 0 Å². The molecule has 2 rings (SSSR count). The van der Waals surface area contributed by atoms with Crippen molar-refractivity contribution in [3.05, 3.63) is 64.2 Å². The maximum atomic E-state index is 13.5. The first-order chi connectivity index (χ1) is 13.7. The van der Waals surface area contributed by atoms with E-state index >= 15 is 0 Å². The molecule has 1 unspecified atom stereocenters. The summed E-state index contributed by atoms with van der Waals surface area (Å²) in [6, 6.07) is 7.54. The van der Waals surface area contributed by atoms with Crippen LogP contribution in [0.1, 0.15) is 29.3 Å². The van der Waals surface area contributed by atoms with Gasteiger partial charge in [0.25, 0.3) is 11.8 Å². The fourth-order valence-corrected chi connectivity index (χ4v) is 2.49. The second-order valence-electron chi connectivity index (χ2n) is 6.21. The van der Waals surface area contributed by atoms with Crippen molar-refractivity contribution in [1.82, 2.24) is 5.32 Å². The van der Waals surface area contributed by atoms with E-state index in [1.165, 1.54) is 6.92 Å². The first-order valence-electron chi connectivity index (χ1n) is 8.67. The average molecular weight is 425 g/mol. The molecular weight excluding hydrogens is 406 g/mol. The Labute approximate surface area is 171 Å². The van der Waals surface area contributed by atoms with E-state index < -0.39 is 35.5 Å². The molecule has 0 saturated carbocycles. The monoisotopic (exact) mass is 424 g/mol. The minimum Gasteiger partial charge on any atom is -0.452 e. The maximum absolute atomic E-state index is 13.5. The second-order valence-corrected chi connectivity index (χ2v) is 6.65. The number of rotatable bonds is 7. The van der Waals surface area contributed by atoms with Gasteiger partial charge in [0, 0.05) is 23.3 Å². The normalized spacial score (nSPS) is 11.5. The number of hydrogen-bond acceptors (Lipinski definition) is 4. The summed E-state index contributed by atoms with van der Waals surface area (Å²) in [4.78, 5) is 35.9. The fraction of sp³-hybridized carbons (Fsp3) is 0.250. The Morgan fingerprint density at radius 2 is 1.86 bits per heavy atom. The summed E-state index contributed by atoms with van der Waals surface area (Å²) in [7, 11) is 0. The molecule has 2 aromatic rings. The highest BCUT2D eigenvalue weighted by molar-refractivity contribution is 6.31. The van der Waals surface area contributed by atoms with Crippen LogP contribution in [-0.2, 0) is 14.3 Å². The van der Waals surface area contributed by atoms with Crippen molar-refractivity contribution >= 4 is 35.1 Å². The van der Waals surface area contributed by atoms with Gasteiger partial charge >= 0.3 is 5.97 Å². The number of aryl methyl sites for hydroxylation is 1. The summed E-state index contributed by atoms with van der Waals surface area (Å²) in [5, 5.41) is 5.40. The van der Waals surface area contributed by atoms with Gasteiger partial charge < -0.3 is 15.4 Å². The standard InChI is InChI=1S/C20H19ClF2N2O4/c1-11-3-4-13(21)9-17(11)25-19(27)12(2)29-18(26)7-8-24-20(28)15-6-5-14(22)10-16(15)23/h3-6,9-10,12H,7-8H2,1-2H3,(H,24,28)(H,25,27). The molecule has 2 amide bonds. The molecule has 2 N–H and O–H groups in total. The van der Waals surface area contributed by atoms with Gasteiger partial charge in [-0.2, -0.15) is 0 Å². The lowest BCUT2D eigenvalue weighted by molar-refractivity contribution is -0.153. The van der Waals surface area contributed by atoms with Crippen LogP contribution in [0.25, 0.3) is 0 Å². The summed E-state index contributed by atoms with van der Waals surface area (Å²) in [6.07, 6.45) is -1.31. The van der Waals surface area contributed by atoms with E-state index in [0.717, 1.165) is 17.7 Å². The zero-order valence-electron chi connectivity index (χ0n) is 15.7. The van der Waals surface area contributed by atoms with Crippen molar-refractivity contribution < 1.29 is 27.9 Å². The Morgan fingerprint density at radius 1 is 1.14 bits per heavy atom. The van der Waals surface area contributed by atoms with Crippen LogP contribution in [0.2, 0.25) is 5.02 Å². The molecule has 1 atom stereocenters. The molecule has 0 bridgehead atoms. The Bertz CT molecular complexity index is 937. The molecule has 0 radical (unpaired) electrons. The van der Waals surface area contributed by atoms with Crippen molar-refractivity contribution in [1.29, 1.82) is 0 Å². The minimum absolute atomic E-state index is 0.143. The van der Waals surface area contributed by atoms with Crippen LogP contribution in [0, 0.1) is 18.6 Å². The first kappa shape index (κ1) is 22.3. The highest BCUT2D eigenvalue weighted by Crippen LogP contribution is 2.20. The number of benzene rings is 2. The van der Waals surface area contributed by atoms with Crippen LogP contribution < -0.4 is 10.6 Å². The topological polar surface area (TPSA) is 84.5 Å². The van der Waals surface area contributed by atoms with Crippen molar-refractivity contribution in [2.45, 2.75) is 26.4 Å². The van der Waals surface area contributed by atoms with Crippen molar-refractivity contribution in [3.8, 4) is 0 Å². The lowest BCUT2D eigenvalue weighted by Gasteiger charge is -2.15. The summed E-state index contributed by atoms with van der Waals surface area (Å²) in [5.74, 6) is -3.87. The number of anilines is 1. The third-order valence-corrected chi connectivity index (χ3v) is 4.16. The Hall–Kier alpha value is -3.00. The van der Waals surface area contributed by atoms with Gasteiger partial charge in [0.1, 0.15) is 11.6 Å². The number of esters is 1. The Balaban J connectivity index is 1.80. The van der Waals surface area contributed by atoms with Crippen LogP contribution in [0.5, 0.6) is 0 Å². The molecule has 0 fully saturated rings. The number of nitrogens with one attached hydrogen (secondary N) is 2. The number of amides is 2. The minimum atomic E-state index is -1.08. The predicted molar refractivity (Wildman–Crippen MR) is 104 cm³/mol. The van der Waals surface area contributed by atoms with E-state index in [0.29, 0.717) is 16.8 Å².